The molecule has 2 fully saturated rings. The fraction of sp³-hybridized carbons (Fsp3) is 0.316. The van der Waals surface area contributed by atoms with Crippen LogP contribution in [0.4, 0.5) is 14.5 Å². The van der Waals surface area contributed by atoms with Crippen LogP contribution in [0.1, 0.15) is 36.6 Å². The molecule has 0 bridgehead atoms. The van der Waals surface area contributed by atoms with E-state index in [0.29, 0.717) is 28.1 Å². The number of aromatic hydroxyl groups is 1. The molecule has 1 saturated heterocycles. The number of imide groups is 1. The summed E-state index contributed by atoms with van der Waals surface area (Å²) in [6.07, 6.45) is 1.53. The van der Waals surface area contributed by atoms with Crippen LogP contribution in [0, 0.1) is 23.0 Å². The van der Waals surface area contributed by atoms with Crippen LogP contribution in [0.2, 0.25) is 5.02 Å². The van der Waals surface area contributed by atoms with E-state index in [-0.39, 0.29) is 47.9 Å². The molecule has 17 heteroatoms. The average Bonchev–Trinajstić information content (AvgIpc) is 3.53. The Morgan fingerprint density at radius 3 is 2.38 bits per heavy atom. The van der Waals surface area contributed by atoms with Crippen LogP contribution in [0.5, 0.6) is 17.2 Å². The van der Waals surface area contributed by atoms with E-state index >= 15 is 0 Å². The molecule has 0 radical (unpaired) electrons. The first-order valence-electron chi connectivity index (χ1n) is 17.3. The van der Waals surface area contributed by atoms with Crippen molar-refractivity contribution in [3.8, 4) is 17.2 Å². The van der Waals surface area contributed by atoms with E-state index in [2.05, 4.69) is 4.98 Å². The molecule has 2 amide bonds. The fourth-order valence-electron chi connectivity index (χ4n) is 8.56. The number of carbonyl (C=O) groups excluding carboxylic acids is 2. The number of methoxy groups -OCH3 is 2. The number of halogens is 3. The predicted molar refractivity (Wildman–Crippen MR) is 195 cm³/mol. The lowest BCUT2D eigenvalue weighted by molar-refractivity contribution is -0.129. The van der Waals surface area contributed by atoms with Gasteiger partial charge in [-0.25, -0.2) is 42.2 Å². The number of aryl methyl sites for hydroxylation is 2. The number of rotatable bonds is 7. The number of hydrogen-bond acceptors (Lipinski definition) is 9. The first-order valence-corrected chi connectivity index (χ1v) is 17.6. The van der Waals surface area contributed by atoms with E-state index in [9.17, 15) is 37.9 Å². The third kappa shape index (κ3) is 5.17. The Bertz CT molecular complexity index is 2720. The van der Waals surface area contributed by atoms with Crippen LogP contribution < -0.4 is 31.3 Å². The second-order valence-corrected chi connectivity index (χ2v) is 14.4. The molecule has 2 aromatic heterocycles. The van der Waals surface area contributed by atoms with Gasteiger partial charge in [0.25, 0.3) is 5.56 Å². The highest BCUT2D eigenvalue weighted by Gasteiger charge is 2.65. The Kier molecular flexibility index (Phi) is 8.36. The summed E-state index contributed by atoms with van der Waals surface area (Å²) in [5.41, 5.74) is -1.55. The highest BCUT2D eigenvalue weighted by molar-refractivity contribution is 6.31. The molecule has 14 nitrogen and oxygen atoms in total. The van der Waals surface area contributed by atoms with Crippen molar-refractivity contribution >= 4 is 40.1 Å². The standard InChI is InChI=1S/C38H33ClF2N6O8/c1-38-21(33(49)46(35(38)51)19-6-7-23(40)22(39)14-19)15-27-20(32(38)18-5-8-29(48)24(41)13-18)9-12-45-36(52)44(37(53)47(27)45)11-10-25-34(50)43(2)28-17-31(55-4)30(54-3)16-26(28)42-25/h5-9,13-14,16-17,21,27,32,48H,10-12,15H2,1-4H3/t21-,27+,32-,38+/m0/s1. The summed E-state index contributed by atoms with van der Waals surface area (Å²) in [5, 5.41) is 9.73. The highest BCUT2D eigenvalue weighted by atomic mass is 35.5. The van der Waals surface area contributed by atoms with Crippen LogP contribution >= 0.6 is 11.6 Å². The largest absolute Gasteiger partial charge is 0.505 e. The SMILES string of the molecule is COc1cc2nc(CCn3c(=O)n4n(c3=O)[C@@H]3C[C@H]5C(=O)N(c6ccc(F)c(Cl)c6)C(=O)[C@@]5(C)[C@@H](c5ccc(O)c(F)c5)C3=CC4)c(=O)n(C)c2cc1OC. The van der Waals surface area contributed by atoms with Gasteiger partial charge in [-0.2, -0.15) is 0 Å². The lowest BCUT2D eigenvalue weighted by Gasteiger charge is -2.47. The molecule has 284 valence electrons. The Balaban J connectivity index is 1.21. The molecule has 55 heavy (non-hydrogen) atoms. The lowest BCUT2D eigenvalue weighted by Crippen LogP contribution is -2.49. The summed E-state index contributed by atoms with van der Waals surface area (Å²) in [6.45, 7) is 1.29. The number of phenolic OH excluding ortho intramolecular Hbond substituents is 1. The maximum absolute atomic E-state index is 15.0. The molecule has 1 N–H and O–H groups in total. The number of anilines is 1. The lowest BCUT2D eigenvalue weighted by atomic mass is 9.56. The van der Waals surface area contributed by atoms with Gasteiger partial charge in [-0.05, 0) is 54.8 Å². The van der Waals surface area contributed by atoms with E-state index in [4.69, 9.17) is 21.1 Å². The average molecular weight is 775 g/mol. The van der Waals surface area contributed by atoms with E-state index in [1.807, 2.05) is 0 Å². The molecule has 0 spiro atoms. The molecule has 1 aliphatic carbocycles. The maximum Gasteiger partial charge on any atom is 0.347 e. The number of amides is 2. The van der Waals surface area contributed by atoms with E-state index in [0.717, 1.165) is 27.7 Å². The topological polar surface area (TPSA) is 160 Å². The van der Waals surface area contributed by atoms with Crippen molar-refractivity contribution in [2.75, 3.05) is 19.1 Å². The van der Waals surface area contributed by atoms with Gasteiger partial charge in [0, 0.05) is 38.1 Å². The van der Waals surface area contributed by atoms with Gasteiger partial charge in [0.05, 0.1) is 59.9 Å². The number of hydrogen-bond donors (Lipinski definition) is 1. The van der Waals surface area contributed by atoms with Crippen molar-refractivity contribution in [3.05, 3.63) is 119 Å². The number of allylic oxidation sites excluding steroid dienone is 2. The van der Waals surface area contributed by atoms with E-state index in [1.165, 1.54) is 46.3 Å². The van der Waals surface area contributed by atoms with Crippen LogP contribution in [-0.4, -0.2) is 54.6 Å². The van der Waals surface area contributed by atoms with Gasteiger partial charge in [0.1, 0.15) is 11.5 Å². The molecule has 8 rings (SSSR count). The zero-order valence-corrected chi connectivity index (χ0v) is 30.6. The Labute approximate surface area is 315 Å². The summed E-state index contributed by atoms with van der Waals surface area (Å²) in [4.78, 5) is 75.8. The zero-order chi connectivity index (χ0) is 39.2. The van der Waals surface area contributed by atoms with Gasteiger partial charge in [0.15, 0.2) is 23.1 Å². The van der Waals surface area contributed by atoms with Crippen LogP contribution in [0.3, 0.4) is 0 Å². The van der Waals surface area contributed by atoms with Crippen molar-refractivity contribution in [2.45, 2.75) is 44.8 Å². The first-order chi connectivity index (χ1) is 26.2. The van der Waals surface area contributed by atoms with Gasteiger partial charge in [0.2, 0.25) is 11.8 Å². The molecule has 1 saturated carbocycles. The number of aromatic nitrogens is 5. The second-order valence-electron chi connectivity index (χ2n) is 14.0. The number of ether oxygens (including phenoxy) is 2. The number of fused-ring (bicyclic) bond motifs is 5. The van der Waals surface area contributed by atoms with Gasteiger partial charge in [-0.15, -0.1) is 0 Å². The molecule has 4 atom stereocenters. The molecule has 4 heterocycles. The quantitative estimate of drug-likeness (QED) is 0.192. The summed E-state index contributed by atoms with van der Waals surface area (Å²) in [7, 11) is 4.51. The van der Waals surface area contributed by atoms with Crippen molar-refractivity contribution < 1.29 is 33.0 Å². The van der Waals surface area contributed by atoms with Crippen molar-refractivity contribution in [1.29, 1.82) is 0 Å². The highest BCUT2D eigenvalue weighted by Crippen LogP contribution is 2.61. The number of nitrogens with zero attached hydrogens (tertiary/aromatic N) is 6. The van der Waals surface area contributed by atoms with Gasteiger partial charge in [-0.3, -0.25) is 14.4 Å². The van der Waals surface area contributed by atoms with Crippen molar-refractivity contribution in [2.24, 2.45) is 18.4 Å². The van der Waals surface area contributed by atoms with Crippen LogP contribution in [-0.2, 0) is 36.1 Å². The monoisotopic (exact) mass is 774 g/mol. The van der Waals surface area contributed by atoms with Crippen LogP contribution in [0.15, 0.2) is 74.6 Å². The maximum atomic E-state index is 15.0. The van der Waals surface area contributed by atoms with Gasteiger partial charge >= 0.3 is 11.4 Å². The summed E-state index contributed by atoms with van der Waals surface area (Å²) < 4.78 is 44.8. The van der Waals surface area contributed by atoms with E-state index in [1.54, 1.807) is 32.2 Å². The molecule has 3 aliphatic rings. The molecular formula is C38H33ClF2N6O8. The Morgan fingerprint density at radius 1 is 0.964 bits per heavy atom. The minimum Gasteiger partial charge on any atom is -0.505 e. The van der Waals surface area contributed by atoms with Crippen molar-refractivity contribution in [3.63, 3.8) is 0 Å². The molecular weight excluding hydrogens is 742 g/mol. The minimum absolute atomic E-state index is 0.0378. The Morgan fingerprint density at radius 2 is 1.69 bits per heavy atom. The first kappa shape index (κ1) is 36.0. The smallest absolute Gasteiger partial charge is 0.347 e. The fourth-order valence-corrected chi connectivity index (χ4v) is 8.73. The third-order valence-corrected chi connectivity index (χ3v) is 11.6. The minimum atomic E-state index is -1.53. The van der Waals surface area contributed by atoms with Gasteiger partial charge < -0.3 is 19.1 Å². The second kappa shape index (κ2) is 12.8. The summed E-state index contributed by atoms with van der Waals surface area (Å²) in [6, 6.07) is 9.45. The number of carbonyl (C=O) groups is 2. The molecule has 3 aromatic carbocycles. The molecule has 2 aliphatic heterocycles. The van der Waals surface area contributed by atoms with Crippen LogP contribution in [0.25, 0.3) is 11.0 Å². The third-order valence-electron chi connectivity index (χ3n) is 11.3. The zero-order valence-electron chi connectivity index (χ0n) is 29.9. The van der Waals surface area contributed by atoms with E-state index < -0.39 is 69.4 Å². The van der Waals surface area contributed by atoms with Crippen molar-refractivity contribution in [1.82, 2.24) is 23.5 Å². The summed E-state index contributed by atoms with van der Waals surface area (Å²) in [5.74, 6) is -4.90. The summed E-state index contributed by atoms with van der Waals surface area (Å²) >= 11 is 6.05. The number of benzene rings is 3. The molecule has 0 unspecified atom stereocenters. The number of phenols is 1. The molecule has 5 aromatic rings. The normalized spacial score (nSPS) is 21.7. The van der Waals surface area contributed by atoms with Gasteiger partial charge in [-0.1, -0.05) is 23.7 Å². The Hall–Kier alpha value is -6.03. The predicted octanol–water partition coefficient (Wildman–Crippen LogP) is 3.82.